The van der Waals surface area contributed by atoms with E-state index in [1.807, 2.05) is 24.6 Å². The Labute approximate surface area is 168 Å². The van der Waals surface area contributed by atoms with Gasteiger partial charge in [0.1, 0.15) is 23.2 Å². The molecule has 0 aromatic carbocycles. The van der Waals surface area contributed by atoms with Crippen LogP contribution < -0.4 is 4.90 Å². The standard InChI is InChI=1S/C19H24N10/c1-12-10-26(3)7-8-28(12)16-9-15(18-20-11-22-27(18)4)25-29-17(16)13(2)23-19(29)14-5-6-21-24-14/h5-6,9,11-12H,7-8,10H2,1-4H3,(H,21,24)/t12-/m1/s1. The summed E-state index contributed by atoms with van der Waals surface area (Å²) in [5, 5.41) is 16.2. The smallest absolute Gasteiger partial charge is 0.179 e. The van der Waals surface area contributed by atoms with Crippen molar-refractivity contribution in [3.63, 3.8) is 0 Å². The van der Waals surface area contributed by atoms with Crippen LogP contribution in [0.25, 0.3) is 28.6 Å². The number of nitrogens with one attached hydrogen (secondary N) is 1. The summed E-state index contributed by atoms with van der Waals surface area (Å²) < 4.78 is 3.65. The number of aryl methyl sites for hydroxylation is 2. The summed E-state index contributed by atoms with van der Waals surface area (Å²) in [5.41, 5.74) is 4.66. The molecule has 0 aliphatic carbocycles. The predicted octanol–water partition coefficient (Wildman–Crippen LogP) is 1.36. The van der Waals surface area contributed by atoms with Gasteiger partial charge in [0.25, 0.3) is 0 Å². The summed E-state index contributed by atoms with van der Waals surface area (Å²) in [4.78, 5) is 14.1. The van der Waals surface area contributed by atoms with Crippen molar-refractivity contribution >= 4 is 11.2 Å². The molecule has 5 rings (SSSR count). The summed E-state index contributed by atoms with van der Waals surface area (Å²) >= 11 is 0. The lowest BCUT2D eigenvalue weighted by Crippen LogP contribution is -2.50. The average Bonchev–Trinajstić information content (AvgIpc) is 3.42. The Hall–Kier alpha value is -3.27. The maximum absolute atomic E-state index is 4.90. The van der Waals surface area contributed by atoms with E-state index in [-0.39, 0.29) is 0 Å². The normalized spacial score (nSPS) is 18.1. The van der Waals surface area contributed by atoms with Crippen molar-refractivity contribution in [2.45, 2.75) is 19.9 Å². The molecule has 5 heterocycles. The van der Waals surface area contributed by atoms with Crippen LogP contribution in [0.2, 0.25) is 0 Å². The maximum atomic E-state index is 4.90. The lowest BCUT2D eigenvalue weighted by Gasteiger charge is -2.40. The fourth-order valence-electron chi connectivity index (χ4n) is 4.15. The molecule has 4 aromatic heterocycles. The lowest BCUT2D eigenvalue weighted by atomic mass is 10.1. The van der Waals surface area contributed by atoms with E-state index >= 15 is 0 Å². The molecule has 29 heavy (non-hydrogen) atoms. The second kappa shape index (κ2) is 6.66. The molecule has 0 amide bonds. The zero-order valence-corrected chi connectivity index (χ0v) is 17.0. The molecule has 0 saturated carbocycles. The Bertz CT molecular complexity index is 1160. The van der Waals surface area contributed by atoms with Gasteiger partial charge in [-0.3, -0.25) is 5.10 Å². The number of fused-ring (bicyclic) bond motifs is 1. The minimum atomic E-state index is 0.372. The van der Waals surface area contributed by atoms with Crippen molar-refractivity contribution in [3.05, 3.63) is 30.4 Å². The van der Waals surface area contributed by atoms with Crippen LogP contribution in [0.1, 0.15) is 12.6 Å². The van der Waals surface area contributed by atoms with Crippen LogP contribution in [0, 0.1) is 6.92 Å². The van der Waals surface area contributed by atoms with Crippen molar-refractivity contribution in [3.8, 4) is 23.0 Å². The van der Waals surface area contributed by atoms with E-state index < -0.39 is 0 Å². The zero-order valence-electron chi connectivity index (χ0n) is 17.0. The number of H-pyrrole nitrogens is 1. The van der Waals surface area contributed by atoms with Crippen LogP contribution in [0.4, 0.5) is 5.69 Å². The van der Waals surface area contributed by atoms with E-state index in [4.69, 9.17) is 10.1 Å². The van der Waals surface area contributed by atoms with Crippen molar-refractivity contribution in [2.75, 3.05) is 31.6 Å². The molecule has 0 unspecified atom stereocenters. The SMILES string of the molecule is Cc1nc(-c2ccn[nH]2)n2nc(-c3ncnn3C)cc(N3CCN(C)C[C@H]3C)c12. The number of aromatic nitrogens is 8. The summed E-state index contributed by atoms with van der Waals surface area (Å²) in [6, 6.07) is 4.40. The zero-order chi connectivity index (χ0) is 20.1. The number of hydrogen-bond acceptors (Lipinski definition) is 7. The fraction of sp³-hybridized carbons (Fsp3) is 0.421. The van der Waals surface area contributed by atoms with Gasteiger partial charge in [0.05, 0.1) is 11.4 Å². The molecule has 0 bridgehead atoms. The van der Waals surface area contributed by atoms with Crippen LogP contribution in [-0.2, 0) is 7.05 Å². The molecule has 1 atom stereocenters. The summed E-state index contributed by atoms with van der Waals surface area (Å²) in [6.07, 6.45) is 3.27. The summed E-state index contributed by atoms with van der Waals surface area (Å²) in [6.45, 7) is 7.26. The Morgan fingerprint density at radius 3 is 2.72 bits per heavy atom. The second-order valence-corrected chi connectivity index (χ2v) is 7.68. The Kier molecular flexibility index (Phi) is 4.09. The third-order valence-electron chi connectivity index (χ3n) is 5.57. The second-order valence-electron chi connectivity index (χ2n) is 7.68. The van der Waals surface area contributed by atoms with Gasteiger partial charge in [0, 0.05) is 38.9 Å². The number of piperazine rings is 1. The molecule has 1 aliphatic rings. The van der Waals surface area contributed by atoms with Crippen molar-refractivity contribution < 1.29 is 0 Å². The van der Waals surface area contributed by atoms with Crippen LogP contribution >= 0.6 is 0 Å². The van der Waals surface area contributed by atoms with E-state index in [0.29, 0.717) is 6.04 Å². The van der Waals surface area contributed by atoms with Gasteiger partial charge >= 0.3 is 0 Å². The highest BCUT2D eigenvalue weighted by molar-refractivity contribution is 5.81. The molecule has 150 valence electrons. The lowest BCUT2D eigenvalue weighted by molar-refractivity contribution is 0.276. The van der Waals surface area contributed by atoms with E-state index in [1.165, 1.54) is 0 Å². The first-order valence-electron chi connectivity index (χ1n) is 9.72. The van der Waals surface area contributed by atoms with Gasteiger partial charge < -0.3 is 9.80 Å². The number of nitrogens with zero attached hydrogens (tertiary/aromatic N) is 9. The third kappa shape index (κ3) is 2.87. The number of anilines is 1. The van der Waals surface area contributed by atoms with Crippen molar-refractivity contribution in [1.82, 2.24) is 44.5 Å². The largest absolute Gasteiger partial charge is 0.364 e. The number of hydrogen-bond donors (Lipinski definition) is 1. The minimum Gasteiger partial charge on any atom is -0.364 e. The average molecular weight is 392 g/mol. The molecule has 10 heteroatoms. The Morgan fingerprint density at radius 1 is 1.17 bits per heavy atom. The highest BCUT2D eigenvalue weighted by Crippen LogP contribution is 2.33. The van der Waals surface area contributed by atoms with Gasteiger partial charge in [0.2, 0.25) is 0 Å². The van der Waals surface area contributed by atoms with Crippen LogP contribution in [0.3, 0.4) is 0 Å². The van der Waals surface area contributed by atoms with Gasteiger partial charge in [-0.1, -0.05) is 0 Å². The third-order valence-corrected chi connectivity index (χ3v) is 5.57. The van der Waals surface area contributed by atoms with Crippen molar-refractivity contribution in [1.29, 1.82) is 0 Å². The van der Waals surface area contributed by atoms with Crippen LogP contribution in [-0.4, -0.2) is 77.2 Å². The topological polar surface area (TPSA) is 96.1 Å². The monoisotopic (exact) mass is 392 g/mol. The fourth-order valence-corrected chi connectivity index (χ4v) is 4.15. The molecule has 1 fully saturated rings. The van der Waals surface area contributed by atoms with Gasteiger partial charge in [0.15, 0.2) is 11.6 Å². The quantitative estimate of drug-likeness (QED) is 0.562. The Balaban J connectivity index is 1.78. The molecule has 1 aliphatic heterocycles. The molecule has 0 spiro atoms. The molecular formula is C19H24N10. The highest BCUT2D eigenvalue weighted by Gasteiger charge is 2.27. The van der Waals surface area contributed by atoms with Gasteiger partial charge in [-0.25, -0.2) is 19.2 Å². The first-order chi connectivity index (χ1) is 14.0. The minimum absolute atomic E-state index is 0.372. The van der Waals surface area contributed by atoms with E-state index in [0.717, 1.165) is 59.6 Å². The first kappa shape index (κ1) is 17.8. The molecule has 1 N–H and O–H groups in total. The van der Waals surface area contributed by atoms with Gasteiger partial charge in [-0.15, -0.1) is 0 Å². The molecule has 0 radical (unpaired) electrons. The van der Waals surface area contributed by atoms with Crippen LogP contribution in [0.15, 0.2) is 24.7 Å². The first-order valence-corrected chi connectivity index (χ1v) is 9.72. The highest BCUT2D eigenvalue weighted by atomic mass is 15.4. The number of imidazole rings is 1. The Morgan fingerprint density at radius 2 is 2.03 bits per heavy atom. The van der Waals surface area contributed by atoms with E-state index in [2.05, 4.69) is 50.1 Å². The van der Waals surface area contributed by atoms with Gasteiger partial charge in [-0.05, 0) is 33.0 Å². The molecule has 10 nitrogen and oxygen atoms in total. The number of rotatable bonds is 3. The van der Waals surface area contributed by atoms with Crippen molar-refractivity contribution in [2.24, 2.45) is 7.05 Å². The molecule has 1 saturated heterocycles. The van der Waals surface area contributed by atoms with Crippen LogP contribution in [0.5, 0.6) is 0 Å². The molecule has 4 aromatic rings. The van der Waals surface area contributed by atoms with Gasteiger partial charge in [-0.2, -0.15) is 15.3 Å². The predicted molar refractivity (Wildman–Crippen MR) is 110 cm³/mol. The molecular weight excluding hydrogens is 368 g/mol. The summed E-state index contributed by atoms with van der Waals surface area (Å²) in [5.74, 6) is 1.46. The van der Waals surface area contributed by atoms with E-state index in [9.17, 15) is 0 Å². The van der Waals surface area contributed by atoms with E-state index in [1.54, 1.807) is 17.2 Å². The number of aromatic amines is 1. The number of likely N-dealkylation sites (N-methyl/N-ethyl adjacent to an activating group) is 1. The maximum Gasteiger partial charge on any atom is 0.179 e. The summed E-state index contributed by atoms with van der Waals surface area (Å²) in [7, 11) is 4.04.